The number of halogens is 2. The van der Waals surface area contributed by atoms with Crippen LogP contribution in [0.2, 0.25) is 5.02 Å². The van der Waals surface area contributed by atoms with Crippen molar-refractivity contribution in [1.29, 1.82) is 0 Å². The molecular formula is C18H22ClFN6. The minimum atomic E-state index is -0.375. The summed E-state index contributed by atoms with van der Waals surface area (Å²) in [6.45, 7) is 5.03. The van der Waals surface area contributed by atoms with Gasteiger partial charge in [-0.25, -0.2) is 19.3 Å². The average molecular weight is 377 g/mol. The summed E-state index contributed by atoms with van der Waals surface area (Å²) in [6.07, 6.45) is 6.87. The predicted octanol–water partition coefficient (Wildman–Crippen LogP) is 2.98. The number of hydrogen-bond acceptors (Lipinski definition) is 6. The normalized spacial score (nSPS) is 18.3. The smallest absolute Gasteiger partial charge is 0.167 e. The molecule has 2 fully saturated rings. The van der Waals surface area contributed by atoms with Gasteiger partial charge in [0.2, 0.25) is 0 Å². The van der Waals surface area contributed by atoms with Gasteiger partial charge in [0, 0.05) is 51.5 Å². The monoisotopic (exact) mass is 376 g/mol. The molecule has 0 radical (unpaired) electrons. The zero-order valence-corrected chi connectivity index (χ0v) is 15.4. The van der Waals surface area contributed by atoms with Gasteiger partial charge in [0.05, 0.1) is 5.02 Å². The van der Waals surface area contributed by atoms with Gasteiger partial charge in [-0.15, -0.1) is 0 Å². The Morgan fingerprint density at radius 1 is 0.769 bits per heavy atom. The third-order valence-corrected chi connectivity index (χ3v) is 5.22. The molecule has 0 unspecified atom stereocenters. The quantitative estimate of drug-likeness (QED) is 0.820. The number of aromatic nitrogens is 3. The first-order valence-electron chi connectivity index (χ1n) is 9.08. The lowest BCUT2D eigenvalue weighted by Crippen LogP contribution is -2.47. The molecule has 0 bridgehead atoms. The van der Waals surface area contributed by atoms with Crippen molar-refractivity contribution in [2.24, 2.45) is 0 Å². The third-order valence-electron chi connectivity index (χ3n) is 5.01. The van der Waals surface area contributed by atoms with Gasteiger partial charge in [-0.05, 0) is 25.3 Å². The predicted molar refractivity (Wildman–Crippen MR) is 102 cm³/mol. The first kappa shape index (κ1) is 17.3. The highest BCUT2D eigenvalue weighted by atomic mass is 35.5. The SMILES string of the molecule is Fc1cc(Cl)cnc1N1CCN(c2cc(N3CCCCC3)ncn2)CC1. The van der Waals surface area contributed by atoms with E-state index in [0.29, 0.717) is 23.9 Å². The van der Waals surface area contributed by atoms with Gasteiger partial charge in [-0.2, -0.15) is 0 Å². The lowest BCUT2D eigenvalue weighted by atomic mass is 10.1. The number of piperidine rings is 1. The molecule has 0 amide bonds. The fraction of sp³-hybridized carbons (Fsp3) is 0.500. The van der Waals surface area contributed by atoms with Crippen LogP contribution in [0.1, 0.15) is 19.3 Å². The maximum absolute atomic E-state index is 14.1. The summed E-state index contributed by atoms with van der Waals surface area (Å²) in [5, 5.41) is 0.316. The summed E-state index contributed by atoms with van der Waals surface area (Å²) in [5.74, 6) is 1.93. The van der Waals surface area contributed by atoms with Crippen molar-refractivity contribution in [3.63, 3.8) is 0 Å². The third kappa shape index (κ3) is 3.67. The zero-order chi connectivity index (χ0) is 17.9. The van der Waals surface area contributed by atoms with Crippen LogP contribution in [0.3, 0.4) is 0 Å². The minimum absolute atomic E-state index is 0.316. The van der Waals surface area contributed by atoms with E-state index in [1.165, 1.54) is 31.5 Å². The van der Waals surface area contributed by atoms with E-state index in [1.807, 2.05) is 4.90 Å². The van der Waals surface area contributed by atoms with Crippen LogP contribution in [0.4, 0.5) is 21.8 Å². The molecule has 0 atom stereocenters. The molecule has 138 valence electrons. The van der Waals surface area contributed by atoms with Crippen LogP contribution >= 0.6 is 11.6 Å². The molecular weight excluding hydrogens is 355 g/mol. The summed E-state index contributed by atoms with van der Waals surface area (Å²) < 4.78 is 14.1. The van der Waals surface area contributed by atoms with Crippen molar-refractivity contribution >= 4 is 29.1 Å². The van der Waals surface area contributed by atoms with E-state index in [9.17, 15) is 4.39 Å². The van der Waals surface area contributed by atoms with E-state index in [0.717, 1.165) is 37.8 Å². The number of rotatable bonds is 3. The summed E-state index contributed by atoms with van der Waals surface area (Å²) in [7, 11) is 0. The molecule has 6 nitrogen and oxygen atoms in total. The molecule has 2 saturated heterocycles. The Labute approximate surface area is 157 Å². The number of piperazine rings is 1. The van der Waals surface area contributed by atoms with Crippen molar-refractivity contribution in [2.45, 2.75) is 19.3 Å². The van der Waals surface area contributed by atoms with Gasteiger partial charge in [-0.1, -0.05) is 11.6 Å². The van der Waals surface area contributed by atoms with E-state index in [2.05, 4.69) is 30.8 Å². The van der Waals surface area contributed by atoms with Crippen LogP contribution in [0.15, 0.2) is 24.7 Å². The molecule has 8 heteroatoms. The summed E-state index contributed by atoms with van der Waals surface area (Å²) in [6, 6.07) is 3.38. The Balaban J connectivity index is 1.43. The Morgan fingerprint density at radius 3 is 2.04 bits per heavy atom. The van der Waals surface area contributed by atoms with Crippen molar-refractivity contribution in [1.82, 2.24) is 15.0 Å². The highest BCUT2D eigenvalue weighted by Crippen LogP contribution is 2.24. The maximum Gasteiger partial charge on any atom is 0.167 e. The summed E-state index contributed by atoms with van der Waals surface area (Å²) >= 11 is 5.79. The lowest BCUT2D eigenvalue weighted by Gasteiger charge is -2.36. The molecule has 0 N–H and O–H groups in total. The minimum Gasteiger partial charge on any atom is -0.356 e. The highest BCUT2D eigenvalue weighted by Gasteiger charge is 2.22. The number of hydrogen-bond donors (Lipinski definition) is 0. The van der Waals surface area contributed by atoms with Crippen LogP contribution in [0, 0.1) is 5.82 Å². The number of nitrogens with zero attached hydrogens (tertiary/aromatic N) is 6. The molecule has 2 aliphatic heterocycles. The van der Waals surface area contributed by atoms with Crippen LogP contribution in [-0.4, -0.2) is 54.2 Å². The molecule has 0 aromatic carbocycles. The van der Waals surface area contributed by atoms with Gasteiger partial charge in [0.1, 0.15) is 18.0 Å². The molecule has 0 aliphatic carbocycles. The molecule has 2 aliphatic rings. The summed E-state index contributed by atoms with van der Waals surface area (Å²) in [4.78, 5) is 19.5. The molecule has 4 rings (SSSR count). The Bertz CT molecular complexity index is 759. The molecule has 26 heavy (non-hydrogen) atoms. The van der Waals surface area contributed by atoms with E-state index in [1.54, 1.807) is 6.33 Å². The van der Waals surface area contributed by atoms with Crippen LogP contribution < -0.4 is 14.7 Å². The lowest BCUT2D eigenvalue weighted by molar-refractivity contribution is 0.572. The topological polar surface area (TPSA) is 48.4 Å². The van der Waals surface area contributed by atoms with Gasteiger partial charge < -0.3 is 14.7 Å². The Hall–Kier alpha value is -2.15. The molecule has 4 heterocycles. The fourth-order valence-electron chi connectivity index (χ4n) is 3.59. The maximum atomic E-state index is 14.1. The molecule has 2 aromatic rings. The average Bonchev–Trinajstić information content (AvgIpc) is 2.69. The molecule has 2 aromatic heterocycles. The van der Waals surface area contributed by atoms with E-state index in [4.69, 9.17) is 11.6 Å². The second-order valence-corrected chi connectivity index (χ2v) is 7.15. The standard InChI is InChI=1S/C18H22ClFN6/c19-14-10-15(20)18(21-12-14)26-8-6-25(7-9-26)17-11-16(22-13-23-17)24-4-2-1-3-5-24/h10-13H,1-9H2. The van der Waals surface area contributed by atoms with Gasteiger partial charge >= 0.3 is 0 Å². The first-order valence-corrected chi connectivity index (χ1v) is 9.46. The largest absolute Gasteiger partial charge is 0.356 e. The van der Waals surface area contributed by atoms with Crippen LogP contribution in [-0.2, 0) is 0 Å². The Morgan fingerprint density at radius 2 is 1.38 bits per heavy atom. The number of anilines is 3. The van der Waals surface area contributed by atoms with E-state index < -0.39 is 0 Å². The van der Waals surface area contributed by atoms with Gasteiger partial charge in [-0.3, -0.25) is 0 Å². The van der Waals surface area contributed by atoms with Crippen LogP contribution in [0.25, 0.3) is 0 Å². The van der Waals surface area contributed by atoms with Gasteiger partial charge in [0.15, 0.2) is 11.6 Å². The van der Waals surface area contributed by atoms with Crippen molar-refractivity contribution < 1.29 is 4.39 Å². The van der Waals surface area contributed by atoms with E-state index in [-0.39, 0.29) is 5.82 Å². The Kier molecular flexibility index (Phi) is 5.06. The van der Waals surface area contributed by atoms with Crippen LogP contribution in [0.5, 0.6) is 0 Å². The van der Waals surface area contributed by atoms with Gasteiger partial charge in [0.25, 0.3) is 0 Å². The van der Waals surface area contributed by atoms with Crippen molar-refractivity contribution in [2.75, 3.05) is 54.0 Å². The second kappa shape index (κ2) is 7.61. The molecule has 0 spiro atoms. The highest BCUT2D eigenvalue weighted by molar-refractivity contribution is 6.30. The first-order chi connectivity index (χ1) is 12.7. The zero-order valence-electron chi connectivity index (χ0n) is 14.6. The van der Waals surface area contributed by atoms with Crippen molar-refractivity contribution in [3.05, 3.63) is 35.5 Å². The fourth-order valence-corrected chi connectivity index (χ4v) is 3.74. The number of pyridine rings is 1. The van der Waals surface area contributed by atoms with Crippen molar-refractivity contribution in [3.8, 4) is 0 Å². The van der Waals surface area contributed by atoms with E-state index >= 15 is 0 Å². The molecule has 0 saturated carbocycles. The second-order valence-electron chi connectivity index (χ2n) is 6.72. The summed E-state index contributed by atoms with van der Waals surface area (Å²) in [5.41, 5.74) is 0.